The van der Waals surface area contributed by atoms with Gasteiger partial charge >= 0.3 is 0 Å². The third kappa shape index (κ3) is 3.91. The van der Waals surface area contributed by atoms with E-state index in [1.54, 1.807) is 33.4 Å². The van der Waals surface area contributed by atoms with Gasteiger partial charge in [0.15, 0.2) is 0 Å². The number of anilines is 2. The fraction of sp³-hybridized carbons (Fsp3) is 0.333. The van der Waals surface area contributed by atoms with Gasteiger partial charge < -0.3 is 19.7 Å². The van der Waals surface area contributed by atoms with E-state index in [0.717, 1.165) is 37.3 Å². The second-order valence-corrected chi connectivity index (χ2v) is 7.01. The summed E-state index contributed by atoms with van der Waals surface area (Å²) in [6.07, 6.45) is 3.77. The number of nitrogens with one attached hydrogen (secondary N) is 1. The van der Waals surface area contributed by atoms with Crippen molar-refractivity contribution in [1.82, 2.24) is 19.7 Å². The first-order chi connectivity index (χ1) is 14.6. The van der Waals surface area contributed by atoms with Crippen LogP contribution in [0.5, 0.6) is 11.5 Å². The minimum Gasteiger partial charge on any atom is -0.497 e. The van der Waals surface area contributed by atoms with E-state index in [4.69, 9.17) is 9.47 Å². The fourth-order valence-corrected chi connectivity index (χ4v) is 3.54. The van der Waals surface area contributed by atoms with Crippen LogP contribution in [0.15, 0.2) is 36.7 Å². The molecule has 1 aliphatic heterocycles. The molecule has 0 atom stereocenters. The molecule has 1 aromatic carbocycles. The standard InChI is InChI=1S/C21H24N6O3/c1-26-17(11-16(25-26)15-10-14(29-2)6-7-18(15)30-3)21(28)24-19-12-20(23-13-22-19)27-8-4-5-9-27/h6-7,10-13H,4-5,8-9H2,1-3H3,(H,22,23,24,28). The van der Waals surface area contributed by atoms with Crippen LogP contribution < -0.4 is 19.7 Å². The predicted molar refractivity (Wildman–Crippen MR) is 113 cm³/mol. The molecule has 0 radical (unpaired) electrons. The maximum absolute atomic E-state index is 12.9. The van der Waals surface area contributed by atoms with Crippen LogP contribution in [-0.2, 0) is 7.05 Å². The van der Waals surface area contributed by atoms with Gasteiger partial charge in [0.2, 0.25) is 0 Å². The molecule has 0 bridgehead atoms. The van der Waals surface area contributed by atoms with Crippen LogP contribution in [0.2, 0.25) is 0 Å². The van der Waals surface area contributed by atoms with Gasteiger partial charge in [-0.2, -0.15) is 5.10 Å². The topological polar surface area (TPSA) is 94.4 Å². The Kier molecular flexibility index (Phi) is 5.51. The van der Waals surface area contributed by atoms with Gasteiger partial charge in [0.1, 0.15) is 35.2 Å². The van der Waals surface area contributed by atoms with Gasteiger partial charge in [0.25, 0.3) is 5.91 Å². The predicted octanol–water partition coefficient (Wildman–Crippen LogP) is 2.75. The highest BCUT2D eigenvalue weighted by Gasteiger charge is 2.19. The van der Waals surface area contributed by atoms with E-state index in [1.807, 2.05) is 18.2 Å². The first-order valence-corrected chi connectivity index (χ1v) is 9.74. The largest absolute Gasteiger partial charge is 0.497 e. The highest BCUT2D eigenvalue weighted by molar-refractivity contribution is 6.03. The average Bonchev–Trinajstić information content (AvgIpc) is 3.43. The molecule has 0 saturated carbocycles. The molecule has 3 aromatic rings. The van der Waals surface area contributed by atoms with Crippen molar-refractivity contribution in [2.24, 2.45) is 7.05 Å². The summed E-state index contributed by atoms with van der Waals surface area (Å²) in [6, 6.07) is 8.96. The third-order valence-corrected chi connectivity index (χ3v) is 5.12. The van der Waals surface area contributed by atoms with Crippen LogP contribution in [0, 0.1) is 0 Å². The van der Waals surface area contributed by atoms with E-state index >= 15 is 0 Å². The molecule has 1 amide bonds. The Bertz CT molecular complexity index is 1060. The van der Waals surface area contributed by atoms with Crippen molar-refractivity contribution in [1.29, 1.82) is 0 Å². The summed E-state index contributed by atoms with van der Waals surface area (Å²) in [4.78, 5) is 23.6. The van der Waals surface area contributed by atoms with Crippen LogP contribution in [0.25, 0.3) is 11.3 Å². The molecule has 0 spiro atoms. The average molecular weight is 408 g/mol. The van der Waals surface area contributed by atoms with Crippen LogP contribution in [0.1, 0.15) is 23.3 Å². The molecule has 1 aliphatic rings. The number of aromatic nitrogens is 4. The lowest BCUT2D eigenvalue weighted by Crippen LogP contribution is -2.20. The highest BCUT2D eigenvalue weighted by atomic mass is 16.5. The van der Waals surface area contributed by atoms with Gasteiger partial charge in [-0.15, -0.1) is 0 Å². The summed E-state index contributed by atoms with van der Waals surface area (Å²) < 4.78 is 12.3. The Morgan fingerprint density at radius 1 is 1.07 bits per heavy atom. The minimum absolute atomic E-state index is 0.302. The zero-order chi connectivity index (χ0) is 21.1. The van der Waals surface area contributed by atoms with Gasteiger partial charge in [0, 0.05) is 31.8 Å². The van der Waals surface area contributed by atoms with E-state index in [0.29, 0.717) is 28.7 Å². The molecule has 9 heteroatoms. The lowest BCUT2D eigenvalue weighted by molar-refractivity contribution is 0.101. The van der Waals surface area contributed by atoms with E-state index < -0.39 is 0 Å². The second kappa shape index (κ2) is 8.40. The number of benzene rings is 1. The number of nitrogens with zero attached hydrogens (tertiary/aromatic N) is 5. The maximum atomic E-state index is 12.9. The van der Waals surface area contributed by atoms with Crippen molar-refractivity contribution >= 4 is 17.5 Å². The molecule has 1 fully saturated rings. The highest BCUT2D eigenvalue weighted by Crippen LogP contribution is 2.33. The van der Waals surface area contributed by atoms with Crippen molar-refractivity contribution in [3.05, 3.63) is 42.4 Å². The fourth-order valence-electron chi connectivity index (χ4n) is 3.54. The Balaban J connectivity index is 1.58. The van der Waals surface area contributed by atoms with Crippen molar-refractivity contribution in [3.63, 3.8) is 0 Å². The van der Waals surface area contributed by atoms with Gasteiger partial charge in [-0.05, 0) is 37.1 Å². The van der Waals surface area contributed by atoms with Crippen molar-refractivity contribution in [2.45, 2.75) is 12.8 Å². The number of rotatable bonds is 6. The molecule has 1 saturated heterocycles. The van der Waals surface area contributed by atoms with Crippen LogP contribution in [-0.4, -0.2) is 53.0 Å². The SMILES string of the molecule is COc1ccc(OC)c(-c2cc(C(=O)Nc3cc(N4CCCC4)ncn3)n(C)n2)c1. The first-order valence-electron chi connectivity index (χ1n) is 9.74. The van der Waals surface area contributed by atoms with E-state index in [2.05, 4.69) is 25.3 Å². The van der Waals surface area contributed by atoms with E-state index in [9.17, 15) is 4.79 Å². The number of methoxy groups -OCH3 is 2. The smallest absolute Gasteiger partial charge is 0.275 e. The Labute approximate surface area is 174 Å². The normalized spacial score (nSPS) is 13.4. The molecule has 1 N–H and O–H groups in total. The molecular weight excluding hydrogens is 384 g/mol. The Morgan fingerprint density at radius 2 is 1.87 bits per heavy atom. The zero-order valence-corrected chi connectivity index (χ0v) is 17.3. The van der Waals surface area contributed by atoms with Gasteiger partial charge in [0.05, 0.1) is 19.9 Å². The molecule has 3 heterocycles. The second-order valence-electron chi connectivity index (χ2n) is 7.01. The molecule has 0 unspecified atom stereocenters. The molecule has 4 rings (SSSR count). The van der Waals surface area contributed by atoms with Gasteiger partial charge in [-0.25, -0.2) is 9.97 Å². The number of hydrogen-bond donors (Lipinski definition) is 1. The summed E-state index contributed by atoms with van der Waals surface area (Å²) in [5, 5.41) is 7.33. The molecule has 2 aromatic heterocycles. The summed E-state index contributed by atoms with van der Waals surface area (Å²) in [6.45, 7) is 1.94. The summed E-state index contributed by atoms with van der Waals surface area (Å²) in [7, 11) is 4.91. The molecule has 0 aliphatic carbocycles. The van der Waals surface area contributed by atoms with Crippen LogP contribution in [0.3, 0.4) is 0 Å². The summed E-state index contributed by atoms with van der Waals surface area (Å²) in [5.41, 5.74) is 1.75. The van der Waals surface area contributed by atoms with E-state index in [1.165, 1.54) is 11.0 Å². The van der Waals surface area contributed by atoms with Gasteiger partial charge in [-0.1, -0.05) is 0 Å². The quantitative estimate of drug-likeness (QED) is 0.670. The van der Waals surface area contributed by atoms with Crippen LogP contribution in [0.4, 0.5) is 11.6 Å². The molecule has 30 heavy (non-hydrogen) atoms. The monoisotopic (exact) mass is 408 g/mol. The summed E-state index contributed by atoms with van der Waals surface area (Å²) >= 11 is 0. The first kappa shape index (κ1) is 19.7. The Morgan fingerprint density at radius 3 is 2.60 bits per heavy atom. The van der Waals surface area contributed by atoms with Crippen molar-refractivity contribution in [2.75, 3.05) is 37.5 Å². The molecule has 156 valence electrons. The van der Waals surface area contributed by atoms with Crippen molar-refractivity contribution < 1.29 is 14.3 Å². The lowest BCUT2D eigenvalue weighted by Gasteiger charge is -2.16. The maximum Gasteiger partial charge on any atom is 0.275 e. The number of ether oxygens (including phenoxy) is 2. The molecule has 9 nitrogen and oxygen atoms in total. The summed E-state index contributed by atoms with van der Waals surface area (Å²) in [5.74, 6) is 2.30. The number of carbonyl (C=O) groups is 1. The minimum atomic E-state index is -0.302. The number of aryl methyl sites for hydroxylation is 1. The lowest BCUT2D eigenvalue weighted by atomic mass is 10.1. The number of amides is 1. The number of hydrogen-bond acceptors (Lipinski definition) is 7. The third-order valence-electron chi connectivity index (χ3n) is 5.12. The molecular formula is C21H24N6O3. The van der Waals surface area contributed by atoms with Crippen LogP contribution >= 0.6 is 0 Å². The van der Waals surface area contributed by atoms with Gasteiger partial charge in [-0.3, -0.25) is 9.48 Å². The number of carbonyl (C=O) groups excluding carboxylic acids is 1. The Hall–Kier alpha value is -3.62. The van der Waals surface area contributed by atoms with Crippen molar-refractivity contribution in [3.8, 4) is 22.8 Å². The van der Waals surface area contributed by atoms with E-state index in [-0.39, 0.29) is 5.91 Å². The zero-order valence-electron chi connectivity index (χ0n) is 17.3.